The molecule has 2 rings (SSSR count). The Hall–Kier alpha value is -1.87. The van der Waals surface area contributed by atoms with E-state index in [1.54, 1.807) is 6.20 Å². The summed E-state index contributed by atoms with van der Waals surface area (Å²) in [4.78, 5) is 4.30. The summed E-state index contributed by atoms with van der Waals surface area (Å²) in [6.45, 7) is 8.47. The fraction of sp³-hybridized carbons (Fsp3) is 0.353. The number of pyridine rings is 1. The Morgan fingerprint density at radius 2 is 1.85 bits per heavy atom. The largest absolute Gasteiger partial charge is 0.456 e. The first kappa shape index (κ1) is 14.5. The number of aromatic nitrogens is 1. The molecule has 0 unspecified atom stereocenters. The van der Waals surface area contributed by atoms with Gasteiger partial charge in [-0.1, -0.05) is 32.9 Å². The van der Waals surface area contributed by atoms with Gasteiger partial charge in [0, 0.05) is 6.04 Å². The smallest absolute Gasteiger partial charge is 0.145 e. The summed E-state index contributed by atoms with van der Waals surface area (Å²) >= 11 is 0. The molecule has 1 atom stereocenters. The zero-order chi connectivity index (χ0) is 14.8. The molecule has 0 aliphatic heterocycles. The molecule has 0 aliphatic rings. The Bertz CT molecular complexity index is 568. The van der Waals surface area contributed by atoms with Crippen molar-refractivity contribution in [3.63, 3.8) is 0 Å². The maximum Gasteiger partial charge on any atom is 0.145 e. The number of hydrogen-bond donors (Lipinski definition) is 1. The second kappa shape index (κ2) is 5.63. The van der Waals surface area contributed by atoms with Crippen molar-refractivity contribution in [3.05, 3.63) is 53.9 Å². The summed E-state index contributed by atoms with van der Waals surface area (Å²) in [6.07, 6.45) is 1.71. The molecule has 0 aliphatic carbocycles. The molecule has 0 bridgehead atoms. The van der Waals surface area contributed by atoms with Crippen LogP contribution < -0.4 is 10.5 Å². The molecule has 3 heteroatoms. The molecule has 0 fully saturated rings. The number of hydrogen-bond acceptors (Lipinski definition) is 3. The molecule has 20 heavy (non-hydrogen) atoms. The second-order valence-electron chi connectivity index (χ2n) is 6.09. The minimum atomic E-state index is -0.0618. The normalized spacial score (nSPS) is 13.1. The van der Waals surface area contributed by atoms with Crippen LogP contribution >= 0.6 is 0 Å². The summed E-state index contributed by atoms with van der Waals surface area (Å²) in [6, 6.07) is 11.9. The Morgan fingerprint density at radius 1 is 1.10 bits per heavy atom. The van der Waals surface area contributed by atoms with Crippen molar-refractivity contribution in [2.45, 2.75) is 39.2 Å². The fourth-order valence-corrected chi connectivity index (χ4v) is 1.88. The van der Waals surface area contributed by atoms with Crippen molar-refractivity contribution in [2.24, 2.45) is 5.73 Å². The molecular weight excluding hydrogens is 248 g/mol. The first-order chi connectivity index (χ1) is 9.36. The monoisotopic (exact) mass is 270 g/mol. The Morgan fingerprint density at radius 3 is 2.40 bits per heavy atom. The van der Waals surface area contributed by atoms with Gasteiger partial charge < -0.3 is 10.5 Å². The highest BCUT2D eigenvalue weighted by Gasteiger charge is 2.14. The maximum atomic E-state index is 5.85. The van der Waals surface area contributed by atoms with E-state index in [2.05, 4.69) is 37.9 Å². The average molecular weight is 270 g/mol. The van der Waals surface area contributed by atoms with Crippen LogP contribution in [0.4, 0.5) is 0 Å². The SMILES string of the molecule is C[C@@H](N)c1ccc(Oc2cccc(C(C)(C)C)c2)cn1. The first-order valence-electron chi connectivity index (χ1n) is 6.86. The van der Waals surface area contributed by atoms with Gasteiger partial charge >= 0.3 is 0 Å². The summed E-state index contributed by atoms with van der Waals surface area (Å²) < 4.78 is 5.85. The third-order valence-corrected chi connectivity index (χ3v) is 3.16. The Labute approximate surface area is 120 Å². The van der Waals surface area contributed by atoms with Gasteiger partial charge in [0.1, 0.15) is 11.5 Å². The van der Waals surface area contributed by atoms with Crippen molar-refractivity contribution in [2.75, 3.05) is 0 Å². The van der Waals surface area contributed by atoms with Crippen LogP contribution in [-0.4, -0.2) is 4.98 Å². The lowest BCUT2D eigenvalue weighted by Crippen LogP contribution is -2.10. The zero-order valence-electron chi connectivity index (χ0n) is 12.6. The van der Waals surface area contributed by atoms with E-state index in [1.165, 1.54) is 5.56 Å². The molecule has 1 aromatic heterocycles. The fourth-order valence-electron chi connectivity index (χ4n) is 1.88. The van der Waals surface area contributed by atoms with E-state index in [0.717, 1.165) is 17.2 Å². The van der Waals surface area contributed by atoms with Gasteiger partial charge in [-0.3, -0.25) is 4.98 Å². The second-order valence-corrected chi connectivity index (χ2v) is 6.09. The highest BCUT2D eigenvalue weighted by Crippen LogP contribution is 2.28. The predicted octanol–water partition coefficient (Wildman–Crippen LogP) is 4.19. The summed E-state index contributed by atoms with van der Waals surface area (Å²) in [5.41, 5.74) is 8.00. The molecule has 2 N–H and O–H groups in total. The first-order valence-corrected chi connectivity index (χ1v) is 6.86. The van der Waals surface area contributed by atoms with Gasteiger partial charge in [0.2, 0.25) is 0 Å². The number of benzene rings is 1. The van der Waals surface area contributed by atoms with Gasteiger partial charge in [-0.05, 0) is 42.2 Å². The van der Waals surface area contributed by atoms with Crippen LogP contribution in [0.3, 0.4) is 0 Å². The standard InChI is InChI=1S/C17H22N2O/c1-12(18)16-9-8-15(11-19-16)20-14-7-5-6-13(10-14)17(2,3)4/h5-12H,18H2,1-4H3/t12-/m1/s1. The van der Waals surface area contributed by atoms with Crippen LogP contribution in [0.1, 0.15) is 45.0 Å². The van der Waals surface area contributed by atoms with Crippen molar-refractivity contribution in [3.8, 4) is 11.5 Å². The van der Waals surface area contributed by atoms with Gasteiger partial charge in [0.25, 0.3) is 0 Å². The van der Waals surface area contributed by atoms with Crippen molar-refractivity contribution < 1.29 is 4.74 Å². The molecule has 3 nitrogen and oxygen atoms in total. The average Bonchev–Trinajstić information content (AvgIpc) is 2.38. The van der Waals surface area contributed by atoms with Gasteiger partial charge in [0.05, 0.1) is 11.9 Å². The van der Waals surface area contributed by atoms with Gasteiger partial charge in [-0.15, -0.1) is 0 Å². The molecule has 0 radical (unpaired) electrons. The molecule has 1 heterocycles. The molecule has 106 valence electrons. The Balaban J connectivity index is 2.18. The number of nitrogens with zero attached hydrogens (tertiary/aromatic N) is 1. The van der Waals surface area contributed by atoms with Gasteiger partial charge in [0.15, 0.2) is 0 Å². The van der Waals surface area contributed by atoms with Crippen molar-refractivity contribution in [1.29, 1.82) is 0 Å². The van der Waals surface area contributed by atoms with Crippen molar-refractivity contribution >= 4 is 0 Å². The molecule has 1 aromatic carbocycles. The van der Waals surface area contributed by atoms with Crippen LogP contribution in [0.5, 0.6) is 11.5 Å². The van der Waals surface area contributed by atoms with Crippen molar-refractivity contribution in [1.82, 2.24) is 4.98 Å². The van der Waals surface area contributed by atoms with Crippen LogP contribution in [0, 0.1) is 0 Å². The minimum Gasteiger partial charge on any atom is -0.456 e. The van der Waals surface area contributed by atoms with E-state index in [-0.39, 0.29) is 11.5 Å². The molecule has 0 saturated heterocycles. The number of nitrogens with two attached hydrogens (primary N) is 1. The van der Waals surface area contributed by atoms with Crippen LogP contribution in [0.15, 0.2) is 42.6 Å². The lowest BCUT2D eigenvalue weighted by Gasteiger charge is -2.19. The van der Waals surface area contributed by atoms with E-state index in [0.29, 0.717) is 0 Å². The molecule has 2 aromatic rings. The van der Waals surface area contributed by atoms with E-state index in [1.807, 2.05) is 31.2 Å². The van der Waals surface area contributed by atoms with E-state index < -0.39 is 0 Å². The third kappa shape index (κ3) is 3.58. The van der Waals surface area contributed by atoms with Crippen LogP contribution in [-0.2, 0) is 5.41 Å². The lowest BCUT2D eigenvalue weighted by atomic mass is 9.87. The highest BCUT2D eigenvalue weighted by atomic mass is 16.5. The minimum absolute atomic E-state index is 0.0618. The lowest BCUT2D eigenvalue weighted by molar-refractivity contribution is 0.475. The van der Waals surface area contributed by atoms with E-state index in [9.17, 15) is 0 Å². The predicted molar refractivity (Wildman–Crippen MR) is 82.1 cm³/mol. The summed E-state index contributed by atoms with van der Waals surface area (Å²) in [5.74, 6) is 1.55. The topological polar surface area (TPSA) is 48.1 Å². The van der Waals surface area contributed by atoms with Gasteiger partial charge in [-0.25, -0.2) is 0 Å². The number of rotatable bonds is 3. The third-order valence-electron chi connectivity index (χ3n) is 3.16. The molecule has 0 spiro atoms. The summed E-state index contributed by atoms with van der Waals surface area (Å²) in [7, 11) is 0. The molecule has 0 saturated carbocycles. The highest BCUT2D eigenvalue weighted by molar-refractivity contribution is 5.36. The molecular formula is C17H22N2O. The van der Waals surface area contributed by atoms with E-state index >= 15 is 0 Å². The molecule has 0 amide bonds. The number of ether oxygens (including phenoxy) is 1. The van der Waals surface area contributed by atoms with Crippen LogP contribution in [0.25, 0.3) is 0 Å². The van der Waals surface area contributed by atoms with E-state index in [4.69, 9.17) is 10.5 Å². The summed E-state index contributed by atoms with van der Waals surface area (Å²) in [5, 5.41) is 0. The zero-order valence-corrected chi connectivity index (χ0v) is 12.6. The quantitative estimate of drug-likeness (QED) is 0.909. The van der Waals surface area contributed by atoms with Gasteiger partial charge in [-0.2, -0.15) is 0 Å². The Kier molecular flexibility index (Phi) is 4.09. The van der Waals surface area contributed by atoms with Crippen LogP contribution in [0.2, 0.25) is 0 Å². The maximum absolute atomic E-state index is 5.85.